The summed E-state index contributed by atoms with van der Waals surface area (Å²) in [5.41, 5.74) is 21.5. The third-order valence-electron chi connectivity index (χ3n) is 4.59. The normalized spacial score (nSPS) is 16.1. The Balaban J connectivity index is 2.35. The van der Waals surface area contributed by atoms with Crippen LogP contribution in [0.3, 0.4) is 0 Å². The number of benzene rings is 1. The lowest BCUT2D eigenvalue weighted by atomic mass is 9.85. The third kappa shape index (κ3) is 4.61. The molecule has 0 saturated heterocycles. The molecule has 0 spiro atoms. The van der Waals surface area contributed by atoms with Gasteiger partial charge >= 0.3 is 0 Å². The maximum atomic E-state index is 13.7. The van der Waals surface area contributed by atoms with Gasteiger partial charge in [-0.2, -0.15) is 0 Å². The second kappa shape index (κ2) is 8.62. The van der Waals surface area contributed by atoms with Gasteiger partial charge in [0, 0.05) is 34.8 Å². The van der Waals surface area contributed by atoms with E-state index in [1.807, 2.05) is 13.8 Å². The van der Waals surface area contributed by atoms with Crippen LogP contribution in [0.1, 0.15) is 38.7 Å². The van der Waals surface area contributed by atoms with Crippen LogP contribution in [0, 0.1) is 11.6 Å². The van der Waals surface area contributed by atoms with Crippen LogP contribution in [0.5, 0.6) is 0 Å². The molecule has 0 fully saturated rings. The maximum absolute atomic E-state index is 13.7. The first kappa shape index (κ1) is 20.4. The number of amides is 1. The van der Waals surface area contributed by atoms with E-state index in [1.165, 1.54) is 12.1 Å². The Morgan fingerprint density at radius 2 is 1.96 bits per heavy atom. The Kier molecular flexibility index (Phi) is 6.50. The van der Waals surface area contributed by atoms with E-state index in [2.05, 4.69) is 4.99 Å². The average molecular weight is 374 g/mol. The summed E-state index contributed by atoms with van der Waals surface area (Å²) < 4.78 is 26.7. The van der Waals surface area contributed by atoms with E-state index in [4.69, 9.17) is 17.2 Å². The summed E-state index contributed by atoms with van der Waals surface area (Å²) in [6, 6.07) is 3.35. The SMILES string of the molecule is CC/C(N)=C(/C(N)=O)C1=C(C)C(C=NCc2ccc(F)cc2F)=C(N)CC1. The zero-order chi connectivity index (χ0) is 20.1. The molecule has 1 aromatic carbocycles. The first-order chi connectivity index (χ1) is 12.8. The molecule has 144 valence electrons. The van der Waals surface area contributed by atoms with Gasteiger partial charge in [0.15, 0.2) is 0 Å². The minimum atomic E-state index is -0.652. The van der Waals surface area contributed by atoms with Gasteiger partial charge in [-0.1, -0.05) is 13.0 Å². The smallest absolute Gasteiger partial charge is 0.250 e. The van der Waals surface area contributed by atoms with E-state index in [0.29, 0.717) is 41.8 Å². The van der Waals surface area contributed by atoms with Gasteiger partial charge in [0.2, 0.25) is 0 Å². The number of nitrogens with zero attached hydrogens (tertiary/aromatic N) is 1. The predicted octanol–water partition coefficient (Wildman–Crippen LogP) is 2.97. The quantitative estimate of drug-likeness (QED) is 0.526. The lowest BCUT2D eigenvalue weighted by molar-refractivity contribution is -0.114. The fourth-order valence-corrected chi connectivity index (χ4v) is 3.04. The minimum absolute atomic E-state index is 0.0428. The Labute approximate surface area is 157 Å². The Hall–Kier alpha value is -2.96. The highest BCUT2D eigenvalue weighted by atomic mass is 19.1. The molecule has 0 saturated carbocycles. The first-order valence-electron chi connectivity index (χ1n) is 8.67. The van der Waals surface area contributed by atoms with Gasteiger partial charge in [-0.05, 0) is 43.4 Å². The van der Waals surface area contributed by atoms with Crippen molar-refractivity contribution in [2.45, 2.75) is 39.7 Å². The molecule has 1 aliphatic rings. The molecule has 0 heterocycles. The van der Waals surface area contributed by atoms with Crippen LogP contribution in [0.4, 0.5) is 8.78 Å². The molecule has 1 aliphatic carbocycles. The highest BCUT2D eigenvalue weighted by molar-refractivity contribution is 5.99. The molecule has 0 aromatic heterocycles. The van der Waals surface area contributed by atoms with E-state index >= 15 is 0 Å². The summed E-state index contributed by atoms with van der Waals surface area (Å²) in [6.07, 6.45) is 3.14. The molecule has 2 rings (SSSR count). The Morgan fingerprint density at radius 1 is 1.26 bits per heavy atom. The fourth-order valence-electron chi connectivity index (χ4n) is 3.04. The van der Waals surface area contributed by atoms with Crippen LogP contribution >= 0.6 is 0 Å². The van der Waals surface area contributed by atoms with Crippen molar-refractivity contribution < 1.29 is 13.6 Å². The molecule has 7 heteroatoms. The molecule has 0 aliphatic heterocycles. The lowest BCUT2D eigenvalue weighted by Gasteiger charge is -2.22. The molecule has 0 radical (unpaired) electrons. The van der Waals surface area contributed by atoms with Crippen molar-refractivity contribution in [3.8, 4) is 0 Å². The van der Waals surface area contributed by atoms with Gasteiger partial charge in [-0.25, -0.2) is 8.78 Å². The molecule has 0 unspecified atom stereocenters. The van der Waals surface area contributed by atoms with Crippen molar-refractivity contribution >= 4 is 12.1 Å². The number of rotatable bonds is 6. The molecular formula is C20H24F2N4O. The molecule has 1 aromatic rings. The number of halogens is 2. The number of nitrogens with two attached hydrogens (primary N) is 3. The number of hydrogen-bond donors (Lipinski definition) is 3. The Bertz CT molecular complexity index is 882. The van der Waals surface area contributed by atoms with Crippen molar-refractivity contribution in [2.24, 2.45) is 22.2 Å². The summed E-state index contributed by atoms with van der Waals surface area (Å²) in [5, 5.41) is 0. The average Bonchev–Trinajstić information content (AvgIpc) is 2.61. The largest absolute Gasteiger partial charge is 0.401 e. The van der Waals surface area contributed by atoms with Crippen molar-refractivity contribution in [3.63, 3.8) is 0 Å². The number of primary amides is 1. The van der Waals surface area contributed by atoms with Crippen molar-refractivity contribution in [3.05, 3.63) is 69.1 Å². The highest BCUT2D eigenvalue weighted by Gasteiger charge is 2.23. The van der Waals surface area contributed by atoms with Gasteiger partial charge in [0.25, 0.3) is 5.91 Å². The summed E-state index contributed by atoms with van der Waals surface area (Å²) in [4.78, 5) is 16.1. The van der Waals surface area contributed by atoms with Crippen LogP contribution in [0.25, 0.3) is 0 Å². The van der Waals surface area contributed by atoms with Gasteiger partial charge in [-0.3, -0.25) is 9.79 Å². The topological polar surface area (TPSA) is 107 Å². The van der Waals surface area contributed by atoms with Crippen molar-refractivity contribution in [2.75, 3.05) is 0 Å². The third-order valence-corrected chi connectivity index (χ3v) is 4.59. The number of allylic oxidation sites excluding steroid dienone is 4. The van der Waals surface area contributed by atoms with E-state index in [9.17, 15) is 13.6 Å². The molecule has 0 atom stereocenters. The molecular weight excluding hydrogens is 350 g/mol. The van der Waals surface area contributed by atoms with E-state index in [0.717, 1.165) is 17.2 Å². The number of aliphatic imine (C=N–C) groups is 1. The zero-order valence-electron chi connectivity index (χ0n) is 15.5. The minimum Gasteiger partial charge on any atom is -0.401 e. The zero-order valence-corrected chi connectivity index (χ0v) is 15.5. The molecule has 27 heavy (non-hydrogen) atoms. The van der Waals surface area contributed by atoms with Crippen LogP contribution in [0.15, 0.2) is 56.9 Å². The van der Waals surface area contributed by atoms with Gasteiger partial charge in [-0.15, -0.1) is 0 Å². The van der Waals surface area contributed by atoms with Crippen LogP contribution in [-0.2, 0) is 11.3 Å². The lowest BCUT2D eigenvalue weighted by Crippen LogP contribution is -2.23. The van der Waals surface area contributed by atoms with Gasteiger partial charge in [0.1, 0.15) is 11.6 Å². The number of carbonyl (C=O) groups is 1. The monoisotopic (exact) mass is 374 g/mol. The first-order valence-corrected chi connectivity index (χ1v) is 8.67. The summed E-state index contributed by atoms with van der Waals surface area (Å²) >= 11 is 0. The summed E-state index contributed by atoms with van der Waals surface area (Å²) in [6.45, 7) is 3.72. The van der Waals surface area contributed by atoms with Crippen LogP contribution in [0.2, 0.25) is 0 Å². The van der Waals surface area contributed by atoms with E-state index in [1.54, 1.807) is 6.21 Å². The number of hydrogen-bond acceptors (Lipinski definition) is 4. The molecule has 1 amide bonds. The second-order valence-corrected chi connectivity index (χ2v) is 6.37. The second-order valence-electron chi connectivity index (χ2n) is 6.37. The standard InChI is InChI=1S/C20H24F2N4O/c1-3-17(23)19(20(25)27)14-6-7-18(24)15(11(14)2)10-26-9-12-4-5-13(21)8-16(12)22/h4-5,8,10H,3,6-7,9,23-24H2,1-2H3,(H2,25,27)/b19-17-,26-10?. The maximum Gasteiger partial charge on any atom is 0.250 e. The van der Waals surface area contributed by atoms with E-state index < -0.39 is 17.5 Å². The van der Waals surface area contributed by atoms with Crippen LogP contribution in [-0.4, -0.2) is 12.1 Å². The van der Waals surface area contributed by atoms with Gasteiger partial charge in [0.05, 0.1) is 12.1 Å². The van der Waals surface area contributed by atoms with E-state index in [-0.39, 0.29) is 12.1 Å². The van der Waals surface area contributed by atoms with Crippen molar-refractivity contribution in [1.29, 1.82) is 0 Å². The predicted molar refractivity (Wildman–Crippen MR) is 102 cm³/mol. The van der Waals surface area contributed by atoms with Crippen molar-refractivity contribution in [1.82, 2.24) is 0 Å². The molecule has 5 nitrogen and oxygen atoms in total. The summed E-state index contributed by atoms with van der Waals surface area (Å²) in [5.74, 6) is -1.86. The van der Waals surface area contributed by atoms with Crippen LogP contribution < -0.4 is 17.2 Å². The number of carbonyl (C=O) groups excluding carboxylic acids is 1. The fraction of sp³-hybridized carbons (Fsp3) is 0.300. The summed E-state index contributed by atoms with van der Waals surface area (Å²) in [7, 11) is 0. The highest BCUT2D eigenvalue weighted by Crippen LogP contribution is 2.32. The molecule has 6 N–H and O–H groups in total. The molecule has 0 bridgehead atoms. The van der Waals surface area contributed by atoms with Gasteiger partial charge < -0.3 is 17.2 Å². The Morgan fingerprint density at radius 3 is 2.56 bits per heavy atom.